The van der Waals surface area contributed by atoms with Crippen molar-refractivity contribution in [1.82, 2.24) is 5.32 Å². The molecule has 1 aliphatic heterocycles. The number of nitrogens with one attached hydrogen (secondary N) is 1. The zero-order valence-corrected chi connectivity index (χ0v) is 10.7. The molecule has 1 heterocycles. The van der Waals surface area contributed by atoms with Gasteiger partial charge in [-0.15, -0.1) is 0 Å². The summed E-state index contributed by atoms with van der Waals surface area (Å²) in [5, 5.41) is 11.1. The molecule has 1 aromatic carbocycles. The molecule has 1 aliphatic rings. The van der Waals surface area contributed by atoms with Gasteiger partial charge >= 0.3 is 5.97 Å². The summed E-state index contributed by atoms with van der Waals surface area (Å²) >= 11 is 0. The fourth-order valence-electron chi connectivity index (χ4n) is 1.83. The van der Waals surface area contributed by atoms with Crippen LogP contribution in [-0.2, 0) is 9.59 Å². The Kier molecular flexibility index (Phi) is 4.34. The van der Waals surface area contributed by atoms with Gasteiger partial charge in [0.05, 0.1) is 5.57 Å². The van der Waals surface area contributed by atoms with Crippen LogP contribution in [-0.4, -0.2) is 30.1 Å². The smallest absolute Gasteiger partial charge is 0.303 e. The number of ether oxygens (including phenoxy) is 1. The Bertz CT molecular complexity index is 568. The van der Waals surface area contributed by atoms with Crippen molar-refractivity contribution in [3.05, 3.63) is 35.2 Å². The van der Waals surface area contributed by atoms with Crippen molar-refractivity contribution in [2.24, 2.45) is 0 Å². The SMILES string of the molecule is O=C(O)CCCNC(=O)C1=Cc2cc(F)ccc2OC1. The Hall–Kier alpha value is -2.37. The van der Waals surface area contributed by atoms with Crippen LogP contribution in [0.25, 0.3) is 6.08 Å². The first kappa shape index (κ1) is 14.0. The zero-order valence-electron chi connectivity index (χ0n) is 10.7. The van der Waals surface area contributed by atoms with Crippen LogP contribution in [0.15, 0.2) is 23.8 Å². The number of benzene rings is 1. The molecule has 2 N–H and O–H groups in total. The molecule has 0 fully saturated rings. The number of carboxylic acid groups (broad SMARTS) is 1. The van der Waals surface area contributed by atoms with Crippen LogP contribution in [0.4, 0.5) is 4.39 Å². The van der Waals surface area contributed by atoms with Gasteiger partial charge in [0.1, 0.15) is 18.2 Å². The van der Waals surface area contributed by atoms with E-state index in [1.807, 2.05) is 0 Å². The number of hydrogen-bond acceptors (Lipinski definition) is 3. The lowest BCUT2D eigenvalue weighted by Gasteiger charge is -2.17. The summed E-state index contributed by atoms with van der Waals surface area (Å²) in [6.45, 7) is 0.391. The Morgan fingerprint density at radius 2 is 2.20 bits per heavy atom. The predicted molar refractivity (Wildman–Crippen MR) is 69.8 cm³/mol. The van der Waals surface area contributed by atoms with Crippen molar-refractivity contribution in [2.45, 2.75) is 12.8 Å². The second-order valence-electron chi connectivity index (χ2n) is 4.39. The molecule has 5 nitrogen and oxygen atoms in total. The molecular formula is C14H14FNO4. The summed E-state index contributed by atoms with van der Waals surface area (Å²) in [6.07, 6.45) is 1.94. The molecule has 1 aromatic rings. The van der Waals surface area contributed by atoms with Crippen molar-refractivity contribution in [3.63, 3.8) is 0 Å². The minimum Gasteiger partial charge on any atom is -0.488 e. The van der Waals surface area contributed by atoms with Gasteiger partial charge in [-0.1, -0.05) is 0 Å². The average Bonchev–Trinajstić information content (AvgIpc) is 2.42. The van der Waals surface area contributed by atoms with Crippen molar-refractivity contribution in [2.75, 3.05) is 13.2 Å². The van der Waals surface area contributed by atoms with Gasteiger partial charge in [-0.3, -0.25) is 9.59 Å². The van der Waals surface area contributed by atoms with Crippen LogP contribution in [0.2, 0.25) is 0 Å². The molecule has 2 rings (SSSR count). The third-order valence-corrected chi connectivity index (χ3v) is 2.83. The zero-order chi connectivity index (χ0) is 14.5. The minimum absolute atomic E-state index is 0.00384. The van der Waals surface area contributed by atoms with Crippen LogP contribution in [0.3, 0.4) is 0 Å². The van der Waals surface area contributed by atoms with Crippen LogP contribution >= 0.6 is 0 Å². The quantitative estimate of drug-likeness (QED) is 0.802. The van der Waals surface area contributed by atoms with Crippen molar-refractivity contribution < 1.29 is 23.8 Å². The van der Waals surface area contributed by atoms with Crippen molar-refractivity contribution >= 4 is 18.0 Å². The maximum absolute atomic E-state index is 13.1. The van der Waals surface area contributed by atoms with Gasteiger partial charge in [0.2, 0.25) is 0 Å². The number of rotatable bonds is 5. The van der Waals surface area contributed by atoms with Gasteiger partial charge < -0.3 is 15.2 Å². The van der Waals surface area contributed by atoms with Crippen molar-refractivity contribution in [3.8, 4) is 5.75 Å². The fraction of sp³-hybridized carbons (Fsp3) is 0.286. The highest BCUT2D eigenvalue weighted by Gasteiger charge is 2.17. The van der Waals surface area contributed by atoms with Crippen molar-refractivity contribution in [1.29, 1.82) is 0 Å². The molecule has 0 aliphatic carbocycles. The number of carboxylic acids is 1. The molecule has 0 spiro atoms. The second-order valence-corrected chi connectivity index (χ2v) is 4.39. The van der Waals surface area contributed by atoms with E-state index in [1.54, 1.807) is 6.08 Å². The molecular weight excluding hydrogens is 265 g/mol. The topological polar surface area (TPSA) is 75.6 Å². The molecule has 0 saturated heterocycles. The molecule has 6 heteroatoms. The van der Waals surface area contributed by atoms with Crippen LogP contribution in [0.5, 0.6) is 5.75 Å². The Balaban J connectivity index is 1.96. The highest BCUT2D eigenvalue weighted by molar-refractivity contribution is 5.99. The molecule has 0 radical (unpaired) electrons. The monoisotopic (exact) mass is 279 g/mol. The van der Waals surface area contributed by atoms with E-state index in [-0.39, 0.29) is 25.5 Å². The third kappa shape index (κ3) is 3.57. The van der Waals surface area contributed by atoms with Gasteiger partial charge in [0.15, 0.2) is 0 Å². The number of carbonyl (C=O) groups is 2. The van der Waals surface area contributed by atoms with Gasteiger partial charge in [-0.2, -0.15) is 0 Å². The Morgan fingerprint density at radius 1 is 1.40 bits per heavy atom. The predicted octanol–water partition coefficient (Wildman–Crippen LogP) is 1.58. The van der Waals surface area contributed by atoms with E-state index >= 15 is 0 Å². The summed E-state index contributed by atoms with van der Waals surface area (Å²) in [4.78, 5) is 22.2. The summed E-state index contributed by atoms with van der Waals surface area (Å²) < 4.78 is 18.5. The number of aliphatic carboxylic acids is 1. The average molecular weight is 279 g/mol. The summed E-state index contributed by atoms with van der Waals surface area (Å²) in [5.41, 5.74) is 0.908. The normalized spacial score (nSPS) is 12.9. The molecule has 1 amide bonds. The second kappa shape index (κ2) is 6.18. The molecule has 0 bridgehead atoms. The molecule has 0 unspecified atom stereocenters. The summed E-state index contributed by atoms with van der Waals surface area (Å²) in [5.74, 6) is -1.09. The number of halogens is 1. The van der Waals surface area contributed by atoms with E-state index in [0.29, 0.717) is 23.3 Å². The van der Waals surface area contributed by atoms with Gasteiger partial charge in [0.25, 0.3) is 5.91 Å². The van der Waals surface area contributed by atoms with E-state index < -0.39 is 11.8 Å². The summed E-state index contributed by atoms with van der Waals surface area (Å²) in [7, 11) is 0. The third-order valence-electron chi connectivity index (χ3n) is 2.83. The lowest BCUT2D eigenvalue weighted by molar-refractivity contribution is -0.137. The number of carbonyl (C=O) groups excluding carboxylic acids is 1. The van der Waals surface area contributed by atoms with Crippen LogP contribution in [0, 0.1) is 5.82 Å². The minimum atomic E-state index is -0.899. The first-order valence-electron chi connectivity index (χ1n) is 6.19. The van der Waals surface area contributed by atoms with Gasteiger partial charge in [0, 0.05) is 18.5 Å². The Labute approximate surface area is 115 Å². The van der Waals surface area contributed by atoms with E-state index in [1.165, 1.54) is 18.2 Å². The largest absolute Gasteiger partial charge is 0.488 e. The van der Waals surface area contributed by atoms with Crippen LogP contribution in [0.1, 0.15) is 18.4 Å². The molecule has 0 saturated carbocycles. The highest BCUT2D eigenvalue weighted by atomic mass is 19.1. The van der Waals surface area contributed by atoms with E-state index in [0.717, 1.165) is 0 Å². The van der Waals surface area contributed by atoms with E-state index in [4.69, 9.17) is 9.84 Å². The fourth-order valence-corrected chi connectivity index (χ4v) is 1.83. The van der Waals surface area contributed by atoms with E-state index in [9.17, 15) is 14.0 Å². The highest BCUT2D eigenvalue weighted by Crippen LogP contribution is 2.26. The van der Waals surface area contributed by atoms with E-state index in [2.05, 4.69) is 5.32 Å². The number of fused-ring (bicyclic) bond motifs is 1. The molecule has 20 heavy (non-hydrogen) atoms. The van der Waals surface area contributed by atoms with Crippen LogP contribution < -0.4 is 10.1 Å². The maximum Gasteiger partial charge on any atom is 0.303 e. The molecule has 106 valence electrons. The molecule has 0 aromatic heterocycles. The van der Waals surface area contributed by atoms with Gasteiger partial charge in [-0.05, 0) is 30.7 Å². The summed E-state index contributed by atoms with van der Waals surface area (Å²) in [6, 6.07) is 4.11. The van der Waals surface area contributed by atoms with Gasteiger partial charge in [-0.25, -0.2) is 4.39 Å². The molecule has 0 atom stereocenters. The standard InChI is InChI=1S/C14H14FNO4/c15-11-3-4-12-9(7-11)6-10(8-20-12)14(19)16-5-1-2-13(17)18/h3-4,6-7H,1-2,5,8H2,(H,16,19)(H,17,18). The first-order chi connectivity index (χ1) is 9.56. The Morgan fingerprint density at radius 3 is 2.95 bits per heavy atom. The lowest BCUT2D eigenvalue weighted by Crippen LogP contribution is -2.29. The number of amides is 1. The number of hydrogen-bond donors (Lipinski definition) is 2. The maximum atomic E-state index is 13.1. The first-order valence-corrected chi connectivity index (χ1v) is 6.19. The lowest BCUT2D eigenvalue weighted by atomic mass is 10.1.